The number of nitrogens with zero attached hydrogens (tertiary/aromatic N) is 4. The Bertz CT molecular complexity index is 1100. The van der Waals surface area contributed by atoms with Crippen molar-refractivity contribution in [3.05, 3.63) is 48.0 Å². The standard InChI is InChI=1S/C27H35N5O2/c1-33-24-16-22-23(17-25(24)34-2)29-27(32-14-7-4-8-15-32)30-26(22)28-21-12-9-13-31(19-21)18-20-10-5-3-6-11-20/h3,5-6,10-11,16-17,21H,4,7-9,12-15,18-19H2,1-2H3,(H,28,29,30). The van der Waals surface area contributed by atoms with E-state index in [1.165, 1.54) is 31.2 Å². The molecule has 3 heterocycles. The van der Waals surface area contributed by atoms with Crippen molar-refractivity contribution in [3.8, 4) is 11.5 Å². The van der Waals surface area contributed by atoms with Crippen molar-refractivity contribution < 1.29 is 9.47 Å². The number of methoxy groups -OCH3 is 2. The summed E-state index contributed by atoms with van der Waals surface area (Å²) >= 11 is 0. The number of hydrogen-bond acceptors (Lipinski definition) is 7. The van der Waals surface area contributed by atoms with Crippen LogP contribution in [0, 0.1) is 0 Å². The van der Waals surface area contributed by atoms with Crippen LogP contribution < -0.4 is 19.7 Å². The minimum absolute atomic E-state index is 0.331. The normalized spacial score (nSPS) is 19.2. The second-order valence-corrected chi connectivity index (χ2v) is 9.35. The third kappa shape index (κ3) is 5.04. The van der Waals surface area contributed by atoms with E-state index in [1.807, 2.05) is 12.1 Å². The molecule has 2 aliphatic rings. The number of hydrogen-bond donors (Lipinski definition) is 1. The molecular formula is C27H35N5O2. The Labute approximate surface area is 202 Å². The molecule has 0 amide bonds. The number of aromatic nitrogens is 2. The molecule has 0 spiro atoms. The maximum absolute atomic E-state index is 5.59. The predicted molar refractivity (Wildman–Crippen MR) is 137 cm³/mol. The van der Waals surface area contributed by atoms with E-state index in [0.717, 1.165) is 61.8 Å². The number of benzene rings is 2. The number of fused-ring (bicyclic) bond motifs is 1. The topological polar surface area (TPSA) is 62.8 Å². The van der Waals surface area contributed by atoms with Crippen LogP contribution in [0.2, 0.25) is 0 Å². The summed E-state index contributed by atoms with van der Waals surface area (Å²) in [5.41, 5.74) is 2.24. The van der Waals surface area contributed by atoms with E-state index in [9.17, 15) is 0 Å². The van der Waals surface area contributed by atoms with Crippen molar-refractivity contribution in [1.29, 1.82) is 0 Å². The fraction of sp³-hybridized carbons (Fsp3) is 0.481. The van der Waals surface area contributed by atoms with E-state index >= 15 is 0 Å². The molecule has 3 aromatic rings. The number of ether oxygens (including phenoxy) is 2. The van der Waals surface area contributed by atoms with Crippen LogP contribution >= 0.6 is 0 Å². The van der Waals surface area contributed by atoms with Crippen molar-refractivity contribution in [1.82, 2.24) is 14.9 Å². The van der Waals surface area contributed by atoms with Crippen LogP contribution in [0.4, 0.5) is 11.8 Å². The second kappa shape index (κ2) is 10.5. The first-order chi connectivity index (χ1) is 16.7. The minimum Gasteiger partial charge on any atom is -0.493 e. The molecule has 1 unspecified atom stereocenters. The molecule has 2 fully saturated rings. The molecule has 0 bridgehead atoms. The van der Waals surface area contributed by atoms with E-state index in [1.54, 1.807) is 14.2 Å². The molecule has 0 saturated carbocycles. The Kier molecular flexibility index (Phi) is 7.00. The summed E-state index contributed by atoms with van der Waals surface area (Å²) in [6, 6.07) is 15.0. The van der Waals surface area contributed by atoms with Crippen molar-refractivity contribution in [2.45, 2.75) is 44.7 Å². The van der Waals surface area contributed by atoms with Gasteiger partial charge in [-0.25, -0.2) is 4.98 Å². The van der Waals surface area contributed by atoms with Gasteiger partial charge in [0, 0.05) is 43.7 Å². The summed E-state index contributed by atoms with van der Waals surface area (Å²) < 4.78 is 11.2. The summed E-state index contributed by atoms with van der Waals surface area (Å²) in [4.78, 5) is 14.8. The molecule has 7 nitrogen and oxygen atoms in total. The SMILES string of the molecule is COc1cc2nc(N3CCCCC3)nc(NC3CCCN(Cc4ccccc4)C3)c2cc1OC. The monoisotopic (exact) mass is 461 g/mol. The molecule has 1 N–H and O–H groups in total. The molecule has 2 aromatic carbocycles. The van der Waals surface area contributed by atoms with Crippen LogP contribution in [0.15, 0.2) is 42.5 Å². The zero-order chi connectivity index (χ0) is 23.3. The van der Waals surface area contributed by atoms with Crippen molar-refractivity contribution in [3.63, 3.8) is 0 Å². The Hall–Kier alpha value is -3.06. The van der Waals surface area contributed by atoms with Gasteiger partial charge in [0.1, 0.15) is 5.82 Å². The second-order valence-electron chi connectivity index (χ2n) is 9.35. The van der Waals surface area contributed by atoms with Gasteiger partial charge in [0.05, 0.1) is 19.7 Å². The highest BCUT2D eigenvalue weighted by Crippen LogP contribution is 2.36. The zero-order valence-electron chi connectivity index (χ0n) is 20.3. The lowest BCUT2D eigenvalue weighted by molar-refractivity contribution is 0.208. The van der Waals surface area contributed by atoms with Crippen LogP contribution in [0.5, 0.6) is 11.5 Å². The molecular weight excluding hydrogens is 426 g/mol. The highest BCUT2D eigenvalue weighted by atomic mass is 16.5. The number of rotatable bonds is 7. The van der Waals surface area contributed by atoms with Gasteiger partial charge in [-0.2, -0.15) is 4.98 Å². The predicted octanol–water partition coefficient (Wildman–Crippen LogP) is 4.71. The van der Waals surface area contributed by atoms with E-state index in [-0.39, 0.29) is 0 Å². The summed E-state index contributed by atoms with van der Waals surface area (Å²) in [5.74, 6) is 3.08. The quantitative estimate of drug-likeness (QED) is 0.546. The molecule has 1 aromatic heterocycles. The maximum atomic E-state index is 5.59. The van der Waals surface area contributed by atoms with Crippen molar-refractivity contribution >= 4 is 22.7 Å². The van der Waals surface area contributed by atoms with Gasteiger partial charge in [0.25, 0.3) is 0 Å². The first-order valence-electron chi connectivity index (χ1n) is 12.4. The molecule has 180 valence electrons. The summed E-state index contributed by atoms with van der Waals surface area (Å²) in [7, 11) is 3.33. The number of anilines is 2. The van der Waals surface area contributed by atoms with Crippen molar-refractivity contribution in [2.24, 2.45) is 0 Å². The Morgan fingerprint density at radius 3 is 2.44 bits per heavy atom. The molecule has 2 saturated heterocycles. The highest BCUT2D eigenvalue weighted by molar-refractivity contribution is 5.93. The molecule has 0 radical (unpaired) electrons. The van der Waals surface area contributed by atoms with Gasteiger partial charge in [0.15, 0.2) is 11.5 Å². The van der Waals surface area contributed by atoms with E-state index in [2.05, 4.69) is 45.4 Å². The van der Waals surface area contributed by atoms with Crippen molar-refractivity contribution in [2.75, 3.05) is 50.6 Å². The Morgan fingerprint density at radius 1 is 0.912 bits per heavy atom. The minimum atomic E-state index is 0.331. The van der Waals surface area contributed by atoms with E-state index in [4.69, 9.17) is 19.4 Å². The first-order valence-corrected chi connectivity index (χ1v) is 12.4. The summed E-state index contributed by atoms with van der Waals surface area (Å²) in [6.45, 7) is 5.11. The highest BCUT2D eigenvalue weighted by Gasteiger charge is 2.23. The van der Waals surface area contributed by atoms with Gasteiger partial charge < -0.3 is 19.7 Å². The first kappa shape index (κ1) is 22.7. The summed E-state index contributed by atoms with van der Waals surface area (Å²) in [6.07, 6.45) is 5.95. The van der Waals surface area contributed by atoms with E-state index in [0.29, 0.717) is 17.5 Å². The van der Waals surface area contributed by atoms with Gasteiger partial charge >= 0.3 is 0 Å². The molecule has 7 heteroatoms. The van der Waals surface area contributed by atoms with Crippen LogP contribution in [-0.2, 0) is 6.54 Å². The van der Waals surface area contributed by atoms with Crippen LogP contribution in [0.3, 0.4) is 0 Å². The molecule has 1 atom stereocenters. The lowest BCUT2D eigenvalue weighted by Gasteiger charge is -2.34. The van der Waals surface area contributed by atoms with Gasteiger partial charge in [-0.3, -0.25) is 4.90 Å². The number of piperidine rings is 2. The average Bonchev–Trinajstić information content (AvgIpc) is 2.89. The number of nitrogens with one attached hydrogen (secondary N) is 1. The maximum Gasteiger partial charge on any atom is 0.227 e. The summed E-state index contributed by atoms with van der Waals surface area (Å²) in [5, 5.41) is 4.76. The Morgan fingerprint density at radius 2 is 1.68 bits per heavy atom. The van der Waals surface area contributed by atoms with Gasteiger partial charge in [-0.15, -0.1) is 0 Å². The Balaban J connectivity index is 1.44. The van der Waals surface area contributed by atoms with Gasteiger partial charge in [-0.1, -0.05) is 30.3 Å². The largest absolute Gasteiger partial charge is 0.493 e. The third-order valence-corrected chi connectivity index (χ3v) is 6.92. The lowest BCUT2D eigenvalue weighted by atomic mass is 10.0. The molecule has 34 heavy (non-hydrogen) atoms. The van der Waals surface area contributed by atoms with Crippen LogP contribution in [0.25, 0.3) is 10.9 Å². The smallest absolute Gasteiger partial charge is 0.227 e. The van der Waals surface area contributed by atoms with Crippen LogP contribution in [0.1, 0.15) is 37.7 Å². The average molecular weight is 462 g/mol. The molecule has 2 aliphatic heterocycles. The molecule has 5 rings (SSSR count). The molecule has 0 aliphatic carbocycles. The van der Waals surface area contributed by atoms with Crippen LogP contribution in [-0.4, -0.2) is 61.3 Å². The van der Waals surface area contributed by atoms with E-state index < -0.39 is 0 Å². The zero-order valence-corrected chi connectivity index (χ0v) is 20.3. The third-order valence-electron chi connectivity index (χ3n) is 6.92. The fourth-order valence-corrected chi connectivity index (χ4v) is 5.14. The van der Waals surface area contributed by atoms with Gasteiger partial charge in [-0.05, 0) is 50.3 Å². The fourth-order valence-electron chi connectivity index (χ4n) is 5.14. The lowest BCUT2D eigenvalue weighted by Crippen LogP contribution is -2.41. The van der Waals surface area contributed by atoms with Gasteiger partial charge in [0.2, 0.25) is 5.95 Å². The number of likely N-dealkylation sites (tertiary alicyclic amines) is 1.